The van der Waals surface area contributed by atoms with E-state index in [2.05, 4.69) is 39.7 Å². The molecule has 3 nitrogen and oxygen atoms in total. The summed E-state index contributed by atoms with van der Waals surface area (Å²) in [6, 6.07) is 2.16. The van der Waals surface area contributed by atoms with Crippen LogP contribution < -0.4 is 0 Å². The first kappa shape index (κ1) is 11.0. The van der Waals surface area contributed by atoms with Crippen molar-refractivity contribution in [3.8, 4) is 0 Å². The molecule has 3 heteroatoms. The molecule has 0 aliphatic heterocycles. The van der Waals surface area contributed by atoms with Crippen LogP contribution >= 0.6 is 0 Å². The Morgan fingerprint density at radius 2 is 2.00 bits per heavy atom. The number of hydrogen-bond donors (Lipinski definition) is 0. The minimum absolute atomic E-state index is 0.0263. The predicted octanol–water partition coefficient (Wildman–Crippen LogP) is 2.57. The molecule has 1 rings (SSSR count). The molecule has 0 saturated heterocycles. The molecule has 0 spiro atoms. The zero-order valence-electron chi connectivity index (χ0n) is 9.53. The molecule has 14 heavy (non-hydrogen) atoms. The van der Waals surface area contributed by atoms with Crippen LogP contribution in [0.2, 0.25) is 0 Å². The molecular formula is C11H18N2O. The van der Waals surface area contributed by atoms with Crippen molar-refractivity contribution in [2.75, 3.05) is 0 Å². The van der Waals surface area contributed by atoms with Gasteiger partial charge >= 0.3 is 0 Å². The molecule has 0 aliphatic carbocycles. The number of aromatic nitrogens is 2. The third kappa shape index (κ3) is 2.03. The van der Waals surface area contributed by atoms with Crippen molar-refractivity contribution in [1.82, 2.24) is 9.78 Å². The Hall–Kier alpha value is -1.12. The van der Waals surface area contributed by atoms with Crippen LogP contribution in [0.25, 0.3) is 0 Å². The number of hydrogen-bond acceptors (Lipinski definition) is 2. The Kier molecular flexibility index (Phi) is 2.79. The van der Waals surface area contributed by atoms with Crippen molar-refractivity contribution in [3.63, 3.8) is 0 Å². The minimum Gasteiger partial charge on any atom is -0.296 e. The second-order valence-corrected chi connectivity index (χ2v) is 4.86. The van der Waals surface area contributed by atoms with Gasteiger partial charge in [0.2, 0.25) is 0 Å². The van der Waals surface area contributed by atoms with Gasteiger partial charge in [0, 0.05) is 17.2 Å². The van der Waals surface area contributed by atoms with Gasteiger partial charge in [0.05, 0.1) is 0 Å². The molecule has 0 bridgehead atoms. The number of rotatable bonds is 2. The molecule has 0 amide bonds. The lowest BCUT2D eigenvalue weighted by atomic mass is 9.91. The maximum absolute atomic E-state index is 10.6. The average Bonchev–Trinajstić information content (AvgIpc) is 2.46. The zero-order valence-corrected chi connectivity index (χ0v) is 9.53. The van der Waals surface area contributed by atoms with Crippen LogP contribution in [0.15, 0.2) is 6.07 Å². The zero-order chi connectivity index (χ0) is 10.9. The highest BCUT2D eigenvalue weighted by molar-refractivity contribution is 5.71. The SMILES string of the molecule is CC(C)n1nc(C=O)cc1C(C)(C)C. The van der Waals surface area contributed by atoms with Gasteiger partial charge in [-0.25, -0.2) is 0 Å². The molecule has 1 aromatic heterocycles. The average molecular weight is 194 g/mol. The lowest BCUT2D eigenvalue weighted by Gasteiger charge is -2.21. The summed E-state index contributed by atoms with van der Waals surface area (Å²) >= 11 is 0. The van der Waals surface area contributed by atoms with Crippen LogP contribution in [-0.4, -0.2) is 16.1 Å². The molecular weight excluding hydrogens is 176 g/mol. The monoisotopic (exact) mass is 194 g/mol. The summed E-state index contributed by atoms with van der Waals surface area (Å²) in [5.41, 5.74) is 1.65. The van der Waals surface area contributed by atoms with E-state index in [0.717, 1.165) is 12.0 Å². The highest BCUT2D eigenvalue weighted by Crippen LogP contribution is 2.25. The largest absolute Gasteiger partial charge is 0.296 e. The van der Waals surface area contributed by atoms with Crippen molar-refractivity contribution >= 4 is 6.29 Å². The van der Waals surface area contributed by atoms with Gasteiger partial charge in [-0.3, -0.25) is 9.48 Å². The first-order valence-corrected chi connectivity index (χ1v) is 4.91. The molecule has 78 valence electrons. The van der Waals surface area contributed by atoms with E-state index in [9.17, 15) is 4.79 Å². The lowest BCUT2D eigenvalue weighted by Crippen LogP contribution is -2.19. The standard InChI is InChI=1S/C11H18N2O/c1-8(2)13-10(11(3,4)5)6-9(7-14)12-13/h6-8H,1-5H3. The molecule has 0 fully saturated rings. The molecule has 0 radical (unpaired) electrons. The van der Waals surface area contributed by atoms with Crippen LogP contribution in [0.3, 0.4) is 0 Å². The normalized spacial score (nSPS) is 12.1. The third-order valence-electron chi connectivity index (χ3n) is 2.13. The van der Waals surface area contributed by atoms with E-state index in [1.165, 1.54) is 0 Å². The van der Waals surface area contributed by atoms with Crippen LogP contribution in [0, 0.1) is 0 Å². The van der Waals surface area contributed by atoms with E-state index in [0.29, 0.717) is 5.69 Å². The van der Waals surface area contributed by atoms with E-state index < -0.39 is 0 Å². The number of nitrogens with zero attached hydrogens (tertiary/aromatic N) is 2. The number of carbonyl (C=O) groups excluding carboxylic acids is 1. The Bertz CT molecular complexity index is 332. The second kappa shape index (κ2) is 3.56. The number of aldehydes is 1. The Morgan fingerprint density at radius 3 is 2.29 bits per heavy atom. The van der Waals surface area contributed by atoms with Crippen LogP contribution in [0.1, 0.15) is 56.8 Å². The minimum atomic E-state index is 0.0263. The highest BCUT2D eigenvalue weighted by atomic mass is 16.1. The van der Waals surface area contributed by atoms with Gasteiger partial charge < -0.3 is 0 Å². The fourth-order valence-electron chi connectivity index (χ4n) is 1.42. The van der Waals surface area contributed by atoms with E-state index in [4.69, 9.17) is 0 Å². The number of carbonyl (C=O) groups is 1. The van der Waals surface area contributed by atoms with Gasteiger partial charge in [-0.1, -0.05) is 20.8 Å². The van der Waals surface area contributed by atoms with Crippen molar-refractivity contribution < 1.29 is 4.79 Å². The first-order valence-electron chi connectivity index (χ1n) is 4.91. The maximum atomic E-state index is 10.6. The summed E-state index contributed by atoms with van der Waals surface area (Å²) in [6.45, 7) is 10.5. The van der Waals surface area contributed by atoms with E-state index >= 15 is 0 Å². The fraction of sp³-hybridized carbons (Fsp3) is 0.636. The van der Waals surface area contributed by atoms with Gasteiger partial charge in [0.25, 0.3) is 0 Å². The van der Waals surface area contributed by atoms with Gasteiger partial charge in [0.1, 0.15) is 5.69 Å². The maximum Gasteiger partial charge on any atom is 0.170 e. The smallest absolute Gasteiger partial charge is 0.170 e. The summed E-state index contributed by atoms with van der Waals surface area (Å²) in [5, 5.41) is 4.24. The highest BCUT2D eigenvalue weighted by Gasteiger charge is 2.21. The molecule has 1 aromatic rings. The molecule has 0 aliphatic rings. The molecule has 0 saturated carbocycles. The van der Waals surface area contributed by atoms with Gasteiger partial charge in [-0.2, -0.15) is 5.10 Å². The van der Waals surface area contributed by atoms with Crippen molar-refractivity contribution in [2.45, 2.75) is 46.1 Å². The summed E-state index contributed by atoms with van der Waals surface area (Å²) < 4.78 is 1.92. The Labute approximate surface area is 85.1 Å². The van der Waals surface area contributed by atoms with Gasteiger partial charge in [0.15, 0.2) is 6.29 Å². The van der Waals surface area contributed by atoms with E-state index in [1.54, 1.807) is 0 Å². The Morgan fingerprint density at radius 1 is 1.43 bits per heavy atom. The fourth-order valence-corrected chi connectivity index (χ4v) is 1.42. The van der Waals surface area contributed by atoms with Crippen LogP contribution in [0.4, 0.5) is 0 Å². The topological polar surface area (TPSA) is 34.9 Å². The Balaban J connectivity index is 3.26. The molecule has 0 aromatic carbocycles. The quantitative estimate of drug-likeness (QED) is 0.678. The molecule has 0 unspecified atom stereocenters. The summed E-state index contributed by atoms with van der Waals surface area (Å²) in [4.78, 5) is 10.6. The van der Waals surface area contributed by atoms with Crippen LogP contribution in [-0.2, 0) is 5.41 Å². The molecule has 1 heterocycles. The van der Waals surface area contributed by atoms with Crippen LogP contribution in [0.5, 0.6) is 0 Å². The summed E-state index contributed by atoms with van der Waals surface area (Å²) in [7, 11) is 0. The first-order chi connectivity index (χ1) is 6.36. The summed E-state index contributed by atoms with van der Waals surface area (Å²) in [5.74, 6) is 0. The van der Waals surface area contributed by atoms with Gasteiger partial charge in [-0.05, 0) is 19.9 Å². The molecule has 0 atom stereocenters. The van der Waals surface area contributed by atoms with Crippen molar-refractivity contribution in [2.24, 2.45) is 0 Å². The predicted molar refractivity (Wildman–Crippen MR) is 56.7 cm³/mol. The summed E-state index contributed by atoms with van der Waals surface area (Å²) in [6.07, 6.45) is 0.800. The molecule has 0 N–H and O–H groups in total. The van der Waals surface area contributed by atoms with Crippen molar-refractivity contribution in [3.05, 3.63) is 17.5 Å². The van der Waals surface area contributed by atoms with E-state index in [-0.39, 0.29) is 11.5 Å². The van der Waals surface area contributed by atoms with Gasteiger partial charge in [-0.15, -0.1) is 0 Å². The van der Waals surface area contributed by atoms with E-state index in [1.807, 2.05) is 10.7 Å². The van der Waals surface area contributed by atoms with Crippen molar-refractivity contribution in [1.29, 1.82) is 0 Å². The lowest BCUT2D eigenvalue weighted by molar-refractivity contribution is 0.111. The second-order valence-electron chi connectivity index (χ2n) is 4.86. The third-order valence-corrected chi connectivity index (χ3v) is 2.13.